The van der Waals surface area contributed by atoms with E-state index in [4.69, 9.17) is 9.52 Å². The third-order valence-corrected chi connectivity index (χ3v) is 6.10. The Hall–Kier alpha value is -3.00. The number of aliphatic hydroxyl groups is 1. The molecule has 0 amide bonds. The summed E-state index contributed by atoms with van der Waals surface area (Å²) in [5, 5.41) is 22.8. The average Bonchev–Trinajstić information content (AvgIpc) is 3.46. The number of halogens is 1. The first kappa shape index (κ1) is 19.0. The van der Waals surface area contributed by atoms with Gasteiger partial charge in [0.05, 0.1) is 24.4 Å². The van der Waals surface area contributed by atoms with Crippen LogP contribution in [-0.4, -0.2) is 39.0 Å². The van der Waals surface area contributed by atoms with Gasteiger partial charge in [0, 0.05) is 49.3 Å². The van der Waals surface area contributed by atoms with Gasteiger partial charge in [-0.15, -0.1) is 0 Å². The third-order valence-electron chi connectivity index (χ3n) is 6.10. The number of hydrogen-bond donors (Lipinski definition) is 2. The molecule has 0 spiro atoms. The molecule has 156 valence electrons. The Bertz CT molecular complexity index is 1100. The Labute approximate surface area is 173 Å². The largest absolute Gasteiger partial charge is 0.377 e. The molecule has 0 bridgehead atoms. The summed E-state index contributed by atoms with van der Waals surface area (Å²) >= 11 is 0. The number of aliphatic imine (C=N–C) groups is 1. The number of dihydropyridines is 1. The van der Waals surface area contributed by atoms with E-state index >= 15 is 0 Å². The smallest absolute Gasteiger partial charge is 0.172 e. The molecular weight excluding hydrogens is 385 g/mol. The van der Waals surface area contributed by atoms with Gasteiger partial charge in [-0.3, -0.25) is 9.67 Å². The highest BCUT2D eigenvalue weighted by molar-refractivity contribution is 6.02. The molecule has 0 saturated carbocycles. The normalized spacial score (nSPS) is 25.5. The maximum absolute atomic E-state index is 14.3. The van der Waals surface area contributed by atoms with E-state index in [1.165, 1.54) is 0 Å². The maximum Gasteiger partial charge on any atom is 0.172 e. The van der Waals surface area contributed by atoms with Crippen LogP contribution in [0.15, 0.2) is 63.2 Å². The van der Waals surface area contributed by atoms with Crippen LogP contribution in [-0.2, 0) is 12.6 Å². The molecule has 30 heavy (non-hydrogen) atoms. The van der Waals surface area contributed by atoms with Crippen LogP contribution in [0.25, 0.3) is 0 Å². The maximum atomic E-state index is 14.3. The topological polar surface area (TPSA) is 88.5 Å². The van der Waals surface area contributed by atoms with Crippen molar-refractivity contribution in [1.82, 2.24) is 20.3 Å². The van der Waals surface area contributed by atoms with Gasteiger partial charge in [0.1, 0.15) is 17.3 Å². The Balaban J connectivity index is 1.44. The van der Waals surface area contributed by atoms with Crippen molar-refractivity contribution in [3.8, 4) is 0 Å². The first-order valence-corrected chi connectivity index (χ1v) is 10.2. The fraction of sp³-hybridized carbons (Fsp3) is 0.409. The van der Waals surface area contributed by atoms with E-state index in [-0.39, 0.29) is 35.4 Å². The lowest BCUT2D eigenvalue weighted by molar-refractivity contribution is 0.0652. The second-order valence-corrected chi connectivity index (χ2v) is 8.25. The Kier molecular flexibility index (Phi) is 4.47. The molecule has 5 rings (SSSR count). The van der Waals surface area contributed by atoms with E-state index < -0.39 is 5.60 Å². The molecule has 1 aliphatic carbocycles. The van der Waals surface area contributed by atoms with Crippen LogP contribution in [0.3, 0.4) is 0 Å². The van der Waals surface area contributed by atoms with Crippen LogP contribution in [0.1, 0.15) is 48.6 Å². The molecule has 3 atom stereocenters. The van der Waals surface area contributed by atoms with Crippen LogP contribution in [0.2, 0.25) is 0 Å². The summed E-state index contributed by atoms with van der Waals surface area (Å²) in [6.07, 6.45) is 10.5. The average molecular weight is 409 g/mol. The van der Waals surface area contributed by atoms with Crippen molar-refractivity contribution < 1.29 is 14.0 Å². The summed E-state index contributed by atoms with van der Waals surface area (Å²) in [6.45, 7) is 2.86. The van der Waals surface area contributed by atoms with Gasteiger partial charge in [-0.2, -0.15) is 5.10 Å². The molecule has 0 radical (unpaired) electrons. The second kappa shape index (κ2) is 7.05. The van der Waals surface area contributed by atoms with E-state index in [2.05, 4.69) is 21.6 Å². The number of nitrogens with zero attached hydrogens (tertiary/aromatic N) is 4. The van der Waals surface area contributed by atoms with Gasteiger partial charge in [-0.05, 0) is 18.9 Å². The molecule has 8 heteroatoms. The highest BCUT2D eigenvalue weighted by atomic mass is 19.1. The zero-order valence-electron chi connectivity index (χ0n) is 17.0. The number of hydrogen-bond acceptors (Lipinski definition) is 6. The van der Waals surface area contributed by atoms with Crippen molar-refractivity contribution in [3.63, 3.8) is 0 Å². The van der Waals surface area contributed by atoms with Gasteiger partial charge in [0.2, 0.25) is 0 Å². The van der Waals surface area contributed by atoms with E-state index in [1.807, 2.05) is 25.5 Å². The van der Waals surface area contributed by atoms with Crippen LogP contribution in [0, 0.1) is 0 Å². The minimum absolute atomic E-state index is 0.0442. The van der Waals surface area contributed by atoms with E-state index in [0.717, 1.165) is 17.0 Å². The Morgan fingerprint density at radius 1 is 1.40 bits per heavy atom. The molecule has 0 aromatic carbocycles. The van der Waals surface area contributed by atoms with Crippen molar-refractivity contribution >= 4 is 5.84 Å². The van der Waals surface area contributed by atoms with E-state index in [1.54, 1.807) is 23.7 Å². The van der Waals surface area contributed by atoms with Crippen LogP contribution in [0.4, 0.5) is 4.39 Å². The standard InChI is InChI=1S/C22H24FN5O2/c1-22(29,17-5-3-4-6-18(17)23)20-8-19(27-30-20)16-11-25-21-15(16)7-13(9-24-21)14-10-26-28(2)12-14/h3,5,7-8,10,12-13,16,29H,4,6,9,11H2,1-2H3,(H,24,25). The van der Waals surface area contributed by atoms with Crippen molar-refractivity contribution in [2.45, 2.75) is 37.2 Å². The van der Waals surface area contributed by atoms with Gasteiger partial charge in [0.15, 0.2) is 5.76 Å². The molecule has 7 nitrogen and oxygen atoms in total. The summed E-state index contributed by atoms with van der Waals surface area (Å²) in [4.78, 5) is 4.70. The van der Waals surface area contributed by atoms with Crippen LogP contribution in [0.5, 0.6) is 0 Å². The highest BCUT2D eigenvalue weighted by Crippen LogP contribution is 2.39. The number of aromatic nitrogens is 3. The van der Waals surface area contributed by atoms with E-state index in [0.29, 0.717) is 25.2 Å². The fourth-order valence-corrected chi connectivity index (χ4v) is 4.35. The van der Waals surface area contributed by atoms with E-state index in [9.17, 15) is 9.50 Å². The molecule has 4 heterocycles. The molecular formula is C22H24FN5O2. The molecule has 2 aromatic rings. The zero-order chi connectivity index (χ0) is 20.9. The number of rotatable bonds is 4. The molecule has 2 aromatic heterocycles. The number of fused-ring (bicyclic) bond motifs is 1. The van der Waals surface area contributed by atoms with Crippen molar-refractivity contribution in [1.29, 1.82) is 0 Å². The van der Waals surface area contributed by atoms with Crippen LogP contribution >= 0.6 is 0 Å². The molecule has 2 aliphatic heterocycles. The first-order chi connectivity index (χ1) is 14.4. The highest BCUT2D eigenvalue weighted by Gasteiger charge is 2.38. The number of amidine groups is 1. The Morgan fingerprint density at radius 3 is 3.03 bits per heavy atom. The third kappa shape index (κ3) is 3.11. The Morgan fingerprint density at radius 2 is 2.27 bits per heavy atom. The predicted octanol–water partition coefficient (Wildman–Crippen LogP) is 3.00. The minimum atomic E-state index is -1.58. The molecule has 3 unspecified atom stereocenters. The fourth-order valence-electron chi connectivity index (χ4n) is 4.35. The predicted molar refractivity (Wildman–Crippen MR) is 110 cm³/mol. The van der Waals surface area contributed by atoms with Gasteiger partial charge < -0.3 is 14.9 Å². The van der Waals surface area contributed by atoms with Gasteiger partial charge in [-0.1, -0.05) is 23.4 Å². The lowest BCUT2D eigenvalue weighted by atomic mass is 9.87. The molecule has 1 saturated heterocycles. The zero-order valence-corrected chi connectivity index (χ0v) is 17.0. The van der Waals surface area contributed by atoms with Crippen molar-refractivity contribution in [3.05, 3.63) is 70.7 Å². The number of nitrogens with one attached hydrogen (secondary N) is 1. The SMILES string of the molecule is Cn1cc(C2C=C3C(=NC2)NCC3c2cc(C(C)(O)C3=C(F)CCC=C3)on2)cn1. The van der Waals surface area contributed by atoms with Gasteiger partial charge in [0.25, 0.3) is 0 Å². The lowest BCUT2D eigenvalue weighted by Crippen LogP contribution is -2.24. The summed E-state index contributed by atoms with van der Waals surface area (Å²) < 4.78 is 21.6. The molecule has 3 aliphatic rings. The molecule has 2 N–H and O–H groups in total. The first-order valence-electron chi connectivity index (χ1n) is 10.2. The number of allylic oxidation sites excluding steroid dienone is 2. The summed E-state index contributed by atoms with van der Waals surface area (Å²) in [6, 6.07) is 1.73. The van der Waals surface area contributed by atoms with Crippen LogP contribution < -0.4 is 5.32 Å². The van der Waals surface area contributed by atoms with Crippen molar-refractivity contribution in [2.24, 2.45) is 12.0 Å². The quantitative estimate of drug-likeness (QED) is 0.811. The summed E-state index contributed by atoms with van der Waals surface area (Å²) in [5.74, 6) is 0.908. The minimum Gasteiger partial charge on any atom is -0.377 e. The van der Waals surface area contributed by atoms with Gasteiger partial charge in [-0.25, -0.2) is 4.39 Å². The summed E-state index contributed by atoms with van der Waals surface area (Å²) in [5.41, 5.74) is 1.54. The summed E-state index contributed by atoms with van der Waals surface area (Å²) in [7, 11) is 1.90. The number of aryl methyl sites for hydroxylation is 1. The lowest BCUT2D eigenvalue weighted by Gasteiger charge is -2.24. The van der Waals surface area contributed by atoms with Crippen molar-refractivity contribution in [2.75, 3.05) is 13.1 Å². The molecule has 1 fully saturated rings. The second-order valence-electron chi connectivity index (χ2n) is 8.25. The monoisotopic (exact) mass is 409 g/mol. The van der Waals surface area contributed by atoms with Gasteiger partial charge >= 0.3 is 0 Å².